The maximum Gasteiger partial charge on any atom is 0.261 e. The fourth-order valence-electron chi connectivity index (χ4n) is 2.92. The maximum atomic E-state index is 13.9. The highest BCUT2D eigenvalue weighted by Crippen LogP contribution is 2.27. The normalized spacial score (nSPS) is 13.3. The van der Waals surface area contributed by atoms with Crippen molar-refractivity contribution in [1.82, 2.24) is 4.57 Å². The minimum atomic E-state index is -0.628. The van der Waals surface area contributed by atoms with E-state index in [0.29, 0.717) is 18.7 Å². The van der Waals surface area contributed by atoms with E-state index in [0.717, 1.165) is 18.9 Å². The molecule has 2 heterocycles. The van der Waals surface area contributed by atoms with Gasteiger partial charge in [-0.3, -0.25) is 9.59 Å². The summed E-state index contributed by atoms with van der Waals surface area (Å²) in [6.45, 7) is 0.563. The Morgan fingerprint density at radius 3 is 2.83 bits per heavy atom. The molecule has 0 fully saturated rings. The van der Waals surface area contributed by atoms with Gasteiger partial charge in [0.25, 0.3) is 11.5 Å². The van der Waals surface area contributed by atoms with E-state index in [1.807, 2.05) is 0 Å². The van der Waals surface area contributed by atoms with Gasteiger partial charge in [-0.05, 0) is 37.5 Å². The van der Waals surface area contributed by atoms with Crippen LogP contribution in [-0.4, -0.2) is 17.6 Å². The number of carbonyl (C=O) groups is 1. The molecule has 1 N–H and O–H groups in total. The Kier molecular flexibility index (Phi) is 4.57. The van der Waals surface area contributed by atoms with Gasteiger partial charge in [0, 0.05) is 23.3 Å². The number of nitrogens with one attached hydrogen (secondary N) is 1. The quantitative estimate of drug-likeness (QED) is 0.924. The molecule has 0 spiro atoms. The number of hydrogen-bond acceptors (Lipinski definition) is 3. The van der Waals surface area contributed by atoms with Crippen molar-refractivity contribution < 1.29 is 13.9 Å². The molecule has 0 saturated carbocycles. The zero-order valence-electron chi connectivity index (χ0n) is 13.1. The molecule has 0 saturated heterocycles. The van der Waals surface area contributed by atoms with E-state index < -0.39 is 11.7 Å². The number of halogens is 2. The van der Waals surface area contributed by atoms with Gasteiger partial charge in [-0.1, -0.05) is 11.6 Å². The second kappa shape index (κ2) is 6.65. The Morgan fingerprint density at radius 2 is 2.12 bits per heavy atom. The van der Waals surface area contributed by atoms with E-state index in [1.165, 1.54) is 25.3 Å². The van der Waals surface area contributed by atoms with Crippen molar-refractivity contribution in [3.05, 3.63) is 56.7 Å². The van der Waals surface area contributed by atoms with E-state index in [2.05, 4.69) is 5.32 Å². The highest BCUT2D eigenvalue weighted by atomic mass is 35.5. The number of fused-ring (bicyclic) bond motifs is 1. The number of hydrogen-bond donors (Lipinski definition) is 1. The molecule has 1 aromatic carbocycles. The van der Waals surface area contributed by atoms with Crippen molar-refractivity contribution in [2.45, 2.75) is 25.8 Å². The highest BCUT2D eigenvalue weighted by molar-refractivity contribution is 6.30. The molecule has 0 unspecified atom stereocenters. The molecule has 7 heteroatoms. The molecule has 0 bridgehead atoms. The van der Waals surface area contributed by atoms with Crippen LogP contribution in [0.1, 0.15) is 28.9 Å². The second-order valence-electron chi connectivity index (χ2n) is 5.56. The lowest BCUT2D eigenvalue weighted by atomic mass is 10.0. The summed E-state index contributed by atoms with van der Waals surface area (Å²) >= 11 is 5.72. The number of carbonyl (C=O) groups excluding carboxylic acids is 1. The third kappa shape index (κ3) is 3.01. The minimum Gasteiger partial charge on any atom is -0.496 e. The van der Waals surface area contributed by atoms with Crippen LogP contribution in [0.2, 0.25) is 5.02 Å². The fourth-order valence-corrected chi connectivity index (χ4v) is 3.08. The SMILES string of the molecule is COc1cc(=O)n2c(c1C(=O)Nc1ccc(Cl)cc1F)CCCC2. The Bertz CT molecular complexity index is 864. The summed E-state index contributed by atoms with van der Waals surface area (Å²) in [5.41, 5.74) is 0.714. The molecule has 1 aliphatic heterocycles. The van der Waals surface area contributed by atoms with Gasteiger partial charge in [0.05, 0.1) is 12.8 Å². The predicted octanol–water partition coefficient (Wildman–Crippen LogP) is 3.24. The van der Waals surface area contributed by atoms with Crippen molar-refractivity contribution in [2.24, 2.45) is 0 Å². The van der Waals surface area contributed by atoms with Crippen LogP contribution in [-0.2, 0) is 13.0 Å². The lowest BCUT2D eigenvalue weighted by molar-refractivity contribution is 0.102. The van der Waals surface area contributed by atoms with Gasteiger partial charge >= 0.3 is 0 Å². The van der Waals surface area contributed by atoms with Crippen LogP contribution in [0.5, 0.6) is 5.75 Å². The van der Waals surface area contributed by atoms with Crippen LogP contribution in [0.3, 0.4) is 0 Å². The standard InChI is InChI=1S/C17H16ClFN2O3/c1-24-14-9-15(22)21-7-3-2-4-13(21)16(14)17(23)20-12-6-5-10(18)8-11(12)19/h5-6,8-9H,2-4,7H2,1H3,(H,20,23). The third-order valence-electron chi connectivity index (χ3n) is 4.05. The first-order valence-corrected chi connectivity index (χ1v) is 7.96. The lowest BCUT2D eigenvalue weighted by Gasteiger charge is -2.22. The molecule has 5 nitrogen and oxygen atoms in total. The van der Waals surface area contributed by atoms with Gasteiger partial charge in [0.15, 0.2) is 0 Å². The van der Waals surface area contributed by atoms with Crippen molar-refractivity contribution in [3.63, 3.8) is 0 Å². The number of aromatic nitrogens is 1. The van der Waals surface area contributed by atoms with Gasteiger partial charge in [-0.15, -0.1) is 0 Å². The summed E-state index contributed by atoms with van der Waals surface area (Å²) in [6, 6.07) is 5.30. The van der Waals surface area contributed by atoms with Gasteiger partial charge in [0.1, 0.15) is 17.1 Å². The third-order valence-corrected chi connectivity index (χ3v) is 4.29. The molecule has 0 aliphatic carbocycles. The molecule has 2 aromatic rings. The molecular formula is C17H16ClFN2O3. The number of anilines is 1. The number of methoxy groups -OCH3 is 1. The van der Waals surface area contributed by atoms with E-state index in [-0.39, 0.29) is 27.6 Å². The molecule has 126 valence electrons. The van der Waals surface area contributed by atoms with Crippen molar-refractivity contribution in [1.29, 1.82) is 0 Å². The Labute approximate surface area is 143 Å². The fraction of sp³-hybridized carbons (Fsp3) is 0.294. The topological polar surface area (TPSA) is 60.3 Å². The van der Waals surface area contributed by atoms with Crippen LogP contribution < -0.4 is 15.6 Å². The van der Waals surface area contributed by atoms with Crippen molar-refractivity contribution >= 4 is 23.2 Å². The first kappa shape index (κ1) is 16.5. The van der Waals surface area contributed by atoms with Crippen LogP contribution in [0.15, 0.2) is 29.1 Å². The summed E-state index contributed by atoms with van der Waals surface area (Å²) in [6.07, 6.45) is 2.35. The number of rotatable bonds is 3. The monoisotopic (exact) mass is 350 g/mol. The minimum absolute atomic E-state index is 0.0206. The summed E-state index contributed by atoms with van der Waals surface area (Å²) in [5.74, 6) is -0.949. The number of nitrogens with zero attached hydrogens (tertiary/aromatic N) is 1. The van der Waals surface area contributed by atoms with E-state index in [4.69, 9.17) is 16.3 Å². The van der Waals surface area contributed by atoms with Crippen LogP contribution in [0, 0.1) is 5.82 Å². The van der Waals surface area contributed by atoms with E-state index in [9.17, 15) is 14.0 Å². The smallest absolute Gasteiger partial charge is 0.261 e. The average Bonchev–Trinajstić information content (AvgIpc) is 2.57. The Balaban J connectivity index is 2.04. The van der Waals surface area contributed by atoms with Gasteiger partial charge < -0.3 is 14.6 Å². The second-order valence-corrected chi connectivity index (χ2v) is 6.00. The summed E-state index contributed by atoms with van der Waals surface area (Å²) in [7, 11) is 1.40. The van der Waals surface area contributed by atoms with Crippen molar-refractivity contribution in [3.8, 4) is 5.75 Å². The summed E-state index contributed by atoms with van der Waals surface area (Å²) in [5, 5.41) is 2.77. The van der Waals surface area contributed by atoms with Crippen LogP contribution >= 0.6 is 11.6 Å². The predicted molar refractivity (Wildman–Crippen MR) is 89.6 cm³/mol. The first-order chi connectivity index (χ1) is 11.5. The molecule has 24 heavy (non-hydrogen) atoms. The molecule has 0 atom stereocenters. The number of amides is 1. The van der Waals surface area contributed by atoms with Gasteiger partial charge in [-0.25, -0.2) is 4.39 Å². The lowest BCUT2D eigenvalue weighted by Crippen LogP contribution is -2.30. The average molecular weight is 351 g/mol. The largest absolute Gasteiger partial charge is 0.496 e. The molecule has 1 aromatic heterocycles. The molecule has 3 rings (SSSR count). The van der Waals surface area contributed by atoms with Gasteiger partial charge in [-0.2, -0.15) is 0 Å². The number of pyridine rings is 1. The molecule has 0 radical (unpaired) electrons. The summed E-state index contributed by atoms with van der Waals surface area (Å²) < 4.78 is 20.7. The Morgan fingerprint density at radius 1 is 1.33 bits per heavy atom. The number of ether oxygens (including phenoxy) is 1. The summed E-state index contributed by atoms with van der Waals surface area (Å²) in [4.78, 5) is 24.9. The van der Waals surface area contributed by atoms with E-state index in [1.54, 1.807) is 4.57 Å². The molecule has 1 aliphatic rings. The first-order valence-electron chi connectivity index (χ1n) is 7.58. The zero-order valence-corrected chi connectivity index (χ0v) is 13.8. The number of benzene rings is 1. The zero-order chi connectivity index (χ0) is 17.3. The van der Waals surface area contributed by atoms with Crippen molar-refractivity contribution in [2.75, 3.05) is 12.4 Å². The Hall–Kier alpha value is -2.34. The highest BCUT2D eigenvalue weighted by Gasteiger charge is 2.24. The van der Waals surface area contributed by atoms with Crippen LogP contribution in [0.25, 0.3) is 0 Å². The van der Waals surface area contributed by atoms with Gasteiger partial charge in [0.2, 0.25) is 0 Å². The maximum absolute atomic E-state index is 13.9. The molecule has 1 amide bonds. The van der Waals surface area contributed by atoms with E-state index >= 15 is 0 Å². The molecular weight excluding hydrogens is 335 g/mol. The van der Waals surface area contributed by atoms with Crippen LogP contribution in [0.4, 0.5) is 10.1 Å².